The Morgan fingerprint density at radius 1 is 0.886 bits per heavy atom. The van der Waals surface area contributed by atoms with Crippen LogP contribution in [0.25, 0.3) is 0 Å². The first-order valence-electron chi connectivity index (χ1n) is 12.2. The van der Waals surface area contributed by atoms with Gasteiger partial charge < -0.3 is 14.5 Å². The van der Waals surface area contributed by atoms with E-state index in [1.807, 2.05) is 6.07 Å². The number of benzene rings is 2. The minimum absolute atomic E-state index is 0.0736. The minimum atomic E-state index is -3.74. The van der Waals surface area contributed by atoms with Crippen molar-refractivity contribution in [2.24, 2.45) is 0 Å². The van der Waals surface area contributed by atoms with Gasteiger partial charge in [0.2, 0.25) is 16.1 Å². The van der Waals surface area contributed by atoms with E-state index >= 15 is 0 Å². The summed E-state index contributed by atoms with van der Waals surface area (Å²) in [5.41, 5.74) is 1.35. The Balaban J connectivity index is 1.71. The number of piperidine rings is 1. The van der Waals surface area contributed by atoms with Crippen LogP contribution in [0.5, 0.6) is 0 Å². The number of hydrogen-bond acceptors (Lipinski definition) is 6. The highest BCUT2D eigenvalue weighted by Gasteiger charge is 2.32. The van der Waals surface area contributed by atoms with Gasteiger partial charge in [0.05, 0.1) is 16.1 Å². The third-order valence-electron chi connectivity index (χ3n) is 6.58. The molecule has 9 heteroatoms. The zero-order valence-electron chi connectivity index (χ0n) is 20.4. The fraction of sp³-hybridized carbons (Fsp3) is 0.462. The highest BCUT2D eigenvalue weighted by Crippen LogP contribution is 2.31. The van der Waals surface area contributed by atoms with E-state index in [0.717, 1.165) is 45.2 Å². The molecule has 35 heavy (non-hydrogen) atoms. The predicted octanol–water partition coefficient (Wildman–Crippen LogP) is 3.45. The molecule has 2 heterocycles. The molecule has 0 bridgehead atoms. The molecule has 2 aromatic carbocycles. The molecule has 0 aromatic heterocycles. The summed E-state index contributed by atoms with van der Waals surface area (Å²) in [5, 5.41) is 0. The van der Waals surface area contributed by atoms with Crippen molar-refractivity contribution in [2.45, 2.75) is 43.1 Å². The van der Waals surface area contributed by atoms with E-state index in [2.05, 4.69) is 4.90 Å². The van der Waals surface area contributed by atoms with Gasteiger partial charge in [0, 0.05) is 45.8 Å². The highest BCUT2D eigenvalue weighted by molar-refractivity contribution is 7.89. The summed E-state index contributed by atoms with van der Waals surface area (Å²) in [4.78, 5) is 30.0. The van der Waals surface area contributed by atoms with Gasteiger partial charge in [-0.2, -0.15) is 4.31 Å². The summed E-state index contributed by atoms with van der Waals surface area (Å²) in [6.45, 7) is 2.50. The number of nitrogens with zero attached hydrogens (tertiary/aromatic N) is 3. The second-order valence-corrected chi connectivity index (χ2v) is 11.2. The molecule has 1 amide bonds. The number of esters is 1. The topological polar surface area (TPSA) is 87.2 Å². The van der Waals surface area contributed by atoms with Crippen molar-refractivity contribution in [3.63, 3.8) is 0 Å². The summed E-state index contributed by atoms with van der Waals surface area (Å²) in [6, 6.07) is 13.5. The summed E-state index contributed by atoms with van der Waals surface area (Å²) in [5.74, 6) is -1.09. The van der Waals surface area contributed by atoms with Crippen LogP contribution in [0.1, 0.15) is 54.1 Å². The molecule has 1 atom stereocenters. The van der Waals surface area contributed by atoms with Crippen LogP contribution in [0.15, 0.2) is 53.4 Å². The number of hydrogen-bond donors (Lipinski definition) is 0. The Labute approximate surface area is 207 Å². The molecule has 0 aliphatic carbocycles. The van der Waals surface area contributed by atoms with Gasteiger partial charge in [0.1, 0.15) is 0 Å². The Kier molecular flexibility index (Phi) is 7.76. The van der Waals surface area contributed by atoms with Gasteiger partial charge in [-0.3, -0.25) is 4.79 Å². The lowest BCUT2D eigenvalue weighted by Gasteiger charge is -2.27. The zero-order valence-corrected chi connectivity index (χ0v) is 21.2. The largest absolute Gasteiger partial charge is 0.444 e. The van der Waals surface area contributed by atoms with Gasteiger partial charge in [-0.15, -0.1) is 0 Å². The number of amides is 1. The Bertz CT molecular complexity index is 1150. The maximum absolute atomic E-state index is 13.6. The molecule has 2 aromatic rings. The second kappa shape index (κ2) is 10.8. The first-order valence-corrected chi connectivity index (χ1v) is 13.6. The summed E-state index contributed by atoms with van der Waals surface area (Å²) >= 11 is 0. The minimum Gasteiger partial charge on any atom is -0.444 e. The molecule has 0 N–H and O–H groups in total. The molecule has 8 nitrogen and oxygen atoms in total. The molecule has 2 saturated heterocycles. The van der Waals surface area contributed by atoms with Crippen LogP contribution in [-0.2, 0) is 19.6 Å². The number of carbonyl (C=O) groups is 2. The summed E-state index contributed by atoms with van der Waals surface area (Å²) in [7, 11) is -0.527. The average Bonchev–Trinajstić information content (AvgIpc) is 3.42. The smallest absolute Gasteiger partial charge is 0.341 e. The monoisotopic (exact) mass is 499 g/mol. The normalized spacial score (nSPS) is 17.7. The van der Waals surface area contributed by atoms with Crippen LogP contribution in [0.4, 0.5) is 5.69 Å². The van der Waals surface area contributed by atoms with Gasteiger partial charge in [0.25, 0.3) is 5.91 Å². The number of carbonyl (C=O) groups excluding carboxylic acids is 2. The zero-order chi connectivity index (χ0) is 25.0. The van der Waals surface area contributed by atoms with Crippen LogP contribution in [0, 0.1) is 0 Å². The van der Waals surface area contributed by atoms with Crippen molar-refractivity contribution in [3.8, 4) is 0 Å². The molecule has 2 fully saturated rings. The van der Waals surface area contributed by atoms with Crippen molar-refractivity contribution >= 4 is 27.6 Å². The van der Waals surface area contributed by atoms with Gasteiger partial charge in [-0.05, 0) is 43.9 Å². The van der Waals surface area contributed by atoms with E-state index in [0.29, 0.717) is 24.3 Å². The quantitative estimate of drug-likeness (QED) is 0.543. The molecule has 0 unspecified atom stereocenters. The number of likely N-dealkylation sites (N-methyl/N-ethyl adjacent to an activating group) is 1. The molecule has 0 radical (unpaired) electrons. The second-order valence-electron chi connectivity index (χ2n) is 9.27. The summed E-state index contributed by atoms with van der Waals surface area (Å²) in [6.07, 6.45) is 3.52. The van der Waals surface area contributed by atoms with Crippen LogP contribution >= 0.6 is 0 Å². The van der Waals surface area contributed by atoms with Crippen molar-refractivity contribution in [1.82, 2.24) is 9.21 Å². The molecule has 2 aliphatic rings. The third kappa shape index (κ3) is 5.51. The van der Waals surface area contributed by atoms with Gasteiger partial charge in [-0.25, -0.2) is 13.2 Å². The Morgan fingerprint density at radius 3 is 2.14 bits per heavy atom. The van der Waals surface area contributed by atoms with E-state index < -0.39 is 22.1 Å². The maximum Gasteiger partial charge on any atom is 0.341 e. The fourth-order valence-corrected chi connectivity index (χ4v) is 6.16. The van der Waals surface area contributed by atoms with Crippen LogP contribution in [-0.4, -0.2) is 69.8 Å². The molecule has 188 valence electrons. The number of sulfonamides is 1. The van der Waals surface area contributed by atoms with Crippen molar-refractivity contribution in [2.75, 3.05) is 45.2 Å². The number of anilines is 1. The first kappa shape index (κ1) is 25.2. The van der Waals surface area contributed by atoms with E-state index in [1.165, 1.54) is 15.3 Å². The van der Waals surface area contributed by atoms with E-state index in [4.69, 9.17) is 4.74 Å². The average molecular weight is 500 g/mol. The molecular weight excluding hydrogens is 466 g/mol. The predicted molar refractivity (Wildman–Crippen MR) is 134 cm³/mol. The van der Waals surface area contributed by atoms with Crippen LogP contribution in [0.3, 0.4) is 0 Å². The van der Waals surface area contributed by atoms with Crippen molar-refractivity contribution in [1.29, 1.82) is 0 Å². The fourth-order valence-electron chi connectivity index (χ4n) is 4.62. The van der Waals surface area contributed by atoms with E-state index in [1.54, 1.807) is 50.5 Å². The molecule has 2 aliphatic heterocycles. The Hall–Kier alpha value is -2.91. The van der Waals surface area contributed by atoms with Gasteiger partial charge in [-0.1, -0.05) is 36.8 Å². The standard InChI is InChI=1S/C26H33N3O5S/c1-27(2)25(30)24(20-11-5-3-6-12-20)34-26(31)22-19-21(13-14-23(22)28-15-9-10-16-28)35(32,33)29-17-7-4-8-18-29/h3,5-6,11-14,19,24H,4,7-10,15-18H2,1-2H3/t24-/m0/s1. The lowest BCUT2D eigenvalue weighted by molar-refractivity contribution is -0.138. The van der Waals surface area contributed by atoms with Gasteiger partial charge >= 0.3 is 5.97 Å². The molecular formula is C26H33N3O5S. The summed E-state index contributed by atoms with van der Waals surface area (Å²) < 4.78 is 33.9. The van der Waals surface area contributed by atoms with E-state index in [-0.39, 0.29) is 16.4 Å². The van der Waals surface area contributed by atoms with Crippen LogP contribution in [0.2, 0.25) is 0 Å². The van der Waals surface area contributed by atoms with Gasteiger partial charge in [0.15, 0.2) is 0 Å². The SMILES string of the molecule is CN(C)C(=O)[C@@H](OC(=O)c1cc(S(=O)(=O)N2CCCCC2)ccc1N1CCCC1)c1ccccc1. The molecule has 4 rings (SSSR count). The Morgan fingerprint density at radius 2 is 1.51 bits per heavy atom. The highest BCUT2D eigenvalue weighted by atomic mass is 32.2. The van der Waals surface area contributed by atoms with Crippen LogP contribution < -0.4 is 4.90 Å². The number of rotatable bonds is 7. The third-order valence-corrected chi connectivity index (χ3v) is 8.47. The lowest BCUT2D eigenvalue weighted by Crippen LogP contribution is -2.36. The molecule has 0 spiro atoms. The molecule has 0 saturated carbocycles. The number of ether oxygens (including phenoxy) is 1. The lowest BCUT2D eigenvalue weighted by atomic mass is 10.1. The maximum atomic E-state index is 13.6. The van der Waals surface area contributed by atoms with E-state index in [9.17, 15) is 18.0 Å². The first-order chi connectivity index (χ1) is 16.8. The van der Waals surface area contributed by atoms with Crippen molar-refractivity contribution in [3.05, 3.63) is 59.7 Å². The van der Waals surface area contributed by atoms with Crippen molar-refractivity contribution < 1.29 is 22.7 Å².